The van der Waals surface area contributed by atoms with Gasteiger partial charge < -0.3 is 10.6 Å². The van der Waals surface area contributed by atoms with Gasteiger partial charge in [-0.1, -0.05) is 11.6 Å². The molecule has 1 amide bonds. The lowest BCUT2D eigenvalue weighted by molar-refractivity contribution is -0.137. The van der Waals surface area contributed by atoms with E-state index in [0.29, 0.717) is 16.9 Å². The molecule has 0 radical (unpaired) electrons. The number of rotatable bonds is 5. The summed E-state index contributed by atoms with van der Waals surface area (Å²) in [6.07, 6.45) is -0.147. The number of alkyl halides is 3. The molecule has 11 heteroatoms. The van der Waals surface area contributed by atoms with Gasteiger partial charge in [-0.15, -0.1) is 0 Å². The van der Waals surface area contributed by atoms with Gasteiger partial charge in [0.05, 0.1) is 22.3 Å². The number of halogens is 4. The summed E-state index contributed by atoms with van der Waals surface area (Å²) in [6.45, 7) is 3.40. The average Bonchev–Trinajstić information content (AvgIpc) is 2.70. The van der Waals surface area contributed by atoms with E-state index in [1.54, 1.807) is 13.8 Å². The molecular weight excluding hydrogens is 421 g/mol. The van der Waals surface area contributed by atoms with Crippen LogP contribution in [0.5, 0.6) is 0 Å². The number of aryl methyl sites for hydroxylation is 1. The molecule has 1 aromatic carbocycles. The summed E-state index contributed by atoms with van der Waals surface area (Å²) in [5.41, 5.74) is 0.839. The molecule has 2 N–H and O–H groups in total. The molecule has 1 atom stereocenters. The first-order chi connectivity index (χ1) is 14.1. The highest BCUT2D eigenvalue weighted by atomic mass is 35.5. The van der Waals surface area contributed by atoms with Crippen LogP contribution < -0.4 is 10.6 Å². The first kappa shape index (κ1) is 21.4. The van der Waals surface area contributed by atoms with Crippen molar-refractivity contribution in [3.8, 4) is 0 Å². The number of nitrogens with zero attached hydrogens (tertiary/aromatic N) is 4. The fraction of sp³-hybridized carbons (Fsp3) is 0.211. The van der Waals surface area contributed by atoms with E-state index in [9.17, 15) is 18.0 Å². The van der Waals surface area contributed by atoms with Gasteiger partial charge in [-0.05, 0) is 38.1 Å². The van der Waals surface area contributed by atoms with Gasteiger partial charge in [0.25, 0.3) is 5.91 Å². The van der Waals surface area contributed by atoms with Gasteiger partial charge in [-0.3, -0.25) is 4.79 Å². The molecule has 7 nitrogen and oxygen atoms in total. The van der Waals surface area contributed by atoms with Gasteiger partial charge in [0.2, 0.25) is 5.95 Å². The summed E-state index contributed by atoms with van der Waals surface area (Å²) in [7, 11) is 0. The molecule has 0 aliphatic heterocycles. The molecule has 0 saturated heterocycles. The van der Waals surface area contributed by atoms with Crippen molar-refractivity contribution in [1.29, 1.82) is 0 Å². The average molecular weight is 437 g/mol. The number of benzene rings is 1. The predicted octanol–water partition coefficient (Wildman–Crippen LogP) is 4.48. The third kappa shape index (κ3) is 5.01. The molecule has 0 aliphatic rings. The Bertz CT molecular complexity index is 1040. The minimum absolute atomic E-state index is 0.0672. The summed E-state index contributed by atoms with van der Waals surface area (Å²) in [5.74, 6) is -0.267. The summed E-state index contributed by atoms with van der Waals surface area (Å²) >= 11 is 6.07. The zero-order chi connectivity index (χ0) is 21.9. The van der Waals surface area contributed by atoms with Crippen LogP contribution in [0.4, 0.5) is 24.8 Å². The quantitative estimate of drug-likeness (QED) is 0.612. The third-order valence-electron chi connectivity index (χ3n) is 4.17. The van der Waals surface area contributed by atoms with Crippen LogP contribution in [0.1, 0.15) is 40.3 Å². The Hall–Kier alpha value is -3.27. The van der Waals surface area contributed by atoms with Crippen molar-refractivity contribution in [3.05, 3.63) is 70.5 Å². The highest BCUT2D eigenvalue weighted by Gasteiger charge is 2.29. The fourth-order valence-electron chi connectivity index (χ4n) is 2.46. The highest BCUT2D eigenvalue weighted by molar-refractivity contribution is 6.34. The molecule has 0 saturated carbocycles. The molecule has 2 heterocycles. The SMILES string of the molecule is Cc1ncnc(C(=O)NC(C)c2cnc(Nc3ccc(C(F)(F)F)cc3)nc2)c1Cl. The largest absolute Gasteiger partial charge is 0.416 e. The van der Waals surface area contributed by atoms with Crippen LogP contribution in [0, 0.1) is 6.92 Å². The summed E-state index contributed by atoms with van der Waals surface area (Å²) in [4.78, 5) is 28.5. The first-order valence-corrected chi connectivity index (χ1v) is 9.07. The van der Waals surface area contributed by atoms with Crippen molar-refractivity contribution in [2.75, 3.05) is 5.32 Å². The van der Waals surface area contributed by atoms with Crippen LogP contribution in [0.15, 0.2) is 43.0 Å². The van der Waals surface area contributed by atoms with Crippen molar-refractivity contribution in [1.82, 2.24) is 25.3 Å². The molecule has 0 aliphatic carbocycles. The lowest BCUT2D eigenvalue weighted by atomic mass is 10.1. The summed E-state index contributed by atoms with van der Waals surface area (Å²) in [6, 6.07) is 4.07. The van der Waals surface area contributed by atoms with Crippen molar-refractivity contribution in [2.45, 2.75) is 26.1 Å². The monoisotopic (exact) mass is 436 g/mol. The van der Waals surface area contributed by atoms with Crippen molar-refractivity contribution >= 4 is 29.1 Å². The number of hydrogen-bond donors (Lipinski definition) is 2. The van der Waals surface area contributed by atoms with Crippen LogP contribution in [0.2, 0.25) is 5.02 Å². The van der Waals surface area contributed by atoms with Crippen LogP contribution in [-0.2, 0) is 6.18 Å². The zero-order valence-electron chi connectivity index (χ0n) is 15.8. The lowest BCUT2D eigenvalue weighted by Crippen LogP contribution is -2.28. The Kier molecular flexibility index (Phi) is 6.16. The number of amides is 1. The maximum absolute atomic E-state index is 12.6. The van der Waals surface area contributed by atoms with Crippen molar-refractivity contribution in [3.63, 3.8) is 0 Å². The van der Waals surface area contributed by atoms with Crippen molar-refractivity contribution < 1.29 is 18.0 Å². The molecule has 1 unspecified atom stereocenters. The minimum atomic E-state index is -4.40. The van der Waals surface area contributed by atoms with Crippen LogP contribution in [0.25, 0.3) is 0 Å². The molecule has 3 aromatic rings. The minimum Gasteiger partial charge on any atom is -0.344 e. The number of aromatic nitrogens is 4. The molecular formula is C19H16ClF3N6O. The molecule has 3 rings (SSSR count). The normalized spacial score (nSPS) is 12.3. The zero-order valence-corrected chi connectivity index (χ0v) is 16.6. The second-order valence-corrected chi connectivity index (χ2v) is 6.73. The van der Waals surface area contributed by atoms with Gasteiger partial charge in [0.15, 0.2) is 0 Å². The van der Waals surface area contributed by atoms with E-state index in [4.69, 9.17) is 11.6 Å². The Morgan fingerprint density at radius 1 is 1.07 bits per heavy atom. The lowest BCUT2D eigenvalue weighted by Gasteiger charge is -2.14. The van der Waals surface area contributed by atoms with Gasteiger partial charge in [0, 0.05) is 23.6 Å². The van der Waals surface area contributed by atoms with Gasteiger partial charge >= 0.3 is 6.18 Å². The maximum atomic E-state index is 12.6. The van der Waals surface area contributed by atoms with E-state index < -0.39 is 23.7 Å². The van der Waals surface area contributed by atoms with Crippen LogP contribution in [0.3, 0.4) is 0 Å². The molecule has 156 valence electrons. The first-order valence-electron chi connectivity index (χ1n) is 8.69. The number of carbonyl (C=O) groups excluding carboxylic acids is 1. The highest BCUT2D eigenvalue weighted by Crippen LogP contribution is 2.30. The molecule has 0 spiro atoms. The van der Waals surface area contributed by atoms with Crippen LogP contribution >= 0.6 is 11.6 Å². The molecule has 30 heavy (non-hydrogen) atoms. The number of anilines is 2. The number of nitrogens with one attached hydrogen (secondary N) is 2. The molecule has 0 fully saturated rings. The van der Waals surface area contributed by atoms with Crippen molar-refractivity contribution in [2.24, 2.45) is 0 Å². The Morgan fingerprint density at radius 3 is 2.30 bits per heavy atom. The van der Waals surface area contributed by atoms with E-state index in [0.717, 1.165) is 12.1 Å². The van der Waals surface area contributed by atoms with E-state index >= 15 is 0 Å². The second kappa shape index (κ2) is 8.62. The summed E-state index contributed by atoms with van der Waals surface area (Å²) in [5, 5.41) is 5.74. The van der Waals surface area contributed by atoms with E-state index in [-0.39, 0.29) is 16.7 Å². The Labute approximate surface area is 174 Å². The number of carbonyl (C=O) groups is 1. The fourth-order valence-corrected chi connectivity index (χ4v) is 2.65. The summed E-state index contributed by atoms with van der Waals surface area (Å²) < 4.78 is 37.9. The standard InChI is InChI=1S/C19H16ClF3N6O/c1-10(28-17(30)16-15(20)11(2)26-9-27-16)12-7-24-18(25-8-12)29-14-5-3-13(4-6-14)19(21,22)23/h3-10H,1-2H3,(H,28,30)(H,24,25,29). The van der Waals surface area contributed by atoms with Gasteiger partial charge in [0.1, 0.15) is 12.0 Å². The molecule has 2 aromatic heterocycles. The van der Waals surface area contributed by atoms with Crippen LogP contribution in [-0.4, -0.2) is 25.8 Å². The van der Waals surface area contributed by atoms with E-state index in [1.165, 1.54) is 30.9 Å². The van der Waals surface area contributed by atoms with Gasteiger partial charge in [-0.25, -0.2) is 19.9 Å². The predicted molar refractivity (Wildman–Crippen MR) is 104 cm³/mol. The van der Waals surface area contributed by atoms with E-state index in [1.807, 2.05) is 0 Å². The van der Waals surface area contributed by atoms with Gasteiger partial charge in [-0.2, -0.15) is 13.2 Å². The molecule has 0 bridgehead atoms. The Balaban J connectivity index is 1.65. The third-order valence-corrected chi connectivity index (χ3v) is 4.62. The number of hydrogen-bond acceptors (Lipinski definition) is 6. The Morgan fingerprint density at radius 2 is 1.70 bits per heavy atom. The second-order valence-electron chi connectivity index (χ2n) is 6.36. The topological polar surface area (TPSA) is 92.7 Å². The van der Waals surface area contributed by atoms with E-state index in [2.05, 4.69) is 30.6 Å². The smallest absolute Gasteiger partial charge is 0.344 e. The maximum Gasteiger partial charge on any atom is 0.416 e.